The molecule has 0 saturated carbocycles. The summed E-state index contributed by atoms with van der Waals surface area (Å²) >= 11 is 0. The molecule has 0 aromatic heterocycles. The van der Waals surface area contributed by atoms with Crippen molar-refractivity contribution in [2.24, 2.45) is 0 Å². The van der Waals surface area contributed by atoms with Gasteiger partial charge in [-0.1, -0.05) is 37.3 Å². The van der Waals surface area contributed by atoms with Gasteiger partial charge in [0.25, 0.3) is 0 Å². The van der Waals surface area contributed by atoms with E-state index < -0.39 is 0 Å². The predicted molar refractivity (Wildman–Crippen MR) is 54.0 cm³/mol. The van der Waals surface area contributed by atoms with Crippen LogP contribution < -0.4 is 24.3 Å². The minimum absolute atomic E-state index is 0. The second kappa shape index (κ2) is 4.80. The summed E-state index contributed by atoms with van der Waals surface area (Å²) in [7, 11) is 0. The van der Waals surface area contributed by atoms with Crippen molar-refractivity contribution in [2.75, 3.05) is 0 Å². The smallest absolute Gasteiger partial charge is 0.210 e. The molecule has 1 aromatic carbocycles. The molecule has 2 heteroatoms. The molecule has 0 amide bonds. The fraction of sp³-hybridized carbons (Fsp3) is 0.400. The van der Waals surface area contributed by atoms with Crippen LogP contribution in [0.15, 0.2) is 30.3 Å². The zero-order valence-electron chi connectivity index (χ0n) is 8.67. The average molecular weight is 154 g/mol. The maximum Gasteiger partial charge on any atom is 1.00 e. The first-order valence-electron chi connectivity index (χ1n) is 4.47. The maximum atomic E-state index is 2.34. The summed E-state index contributed by atoms with van der Waals surface area (Å²) in [6.45, 7) is 6.94. The van der Waals surface area contributed by atoms with Gasteiger partial charge in [-0.15, -0.1) is 0 Å². The Labute approximate surface area is 87.8 Å². The fourth-order valence-electron chi connectivity index (χ4n) is 1.21. The maximum absolute atomic E-state index is 2.34. The van der Waals surface area contributed by atoms with Crippen molar-refractivity contribution in [3.63, 3.8) is 0 Å². The number of rotatable bonds is 2. The van der Waals surface area contributed by atoms with E-state index in [0.29, 0.717) is 0 Å². The molecule has 0 unspecified atom stereocenters. The molecule has 0 spiro atoms. The van der Waals surface area contributed by atoms with E-state index in [1.807, 2.05) is 0 Å². The van der Waals surface area contributed by atoms with Crippen LogP contribution in [-0.2, 0) is 0 Å². The molecular formula is C10H16BLi. The minimum Gasteiger partial charge on any atom is -0.210 e. The summed E-state index contributed by atoms with van der Waals surface area (Å²) in [4.78, 5) is 0. The summed E-state index contributed by atoms with van der Waals surface area (Å²) in [5, 5.41) is 0. The molecule has 0 N–H and O–H groups in total. The van der Waals surface area contributed by atoms with E-state index in [-0.39, 0.29) is 25.0 Å². The van der Waals surface area contributed by atoms with Gasteiger partial charge in [0.05, 0.1) is 0 Å². The third kappa shape index (κ3) is 2.74. The van der Waals surface area contributed by atoms with Gasteiger partial charge < -0.3 is 0 Å². The van der Waals surface area contributed by atoms with Crippen LogP contribution in [0.4, 0.5) is 0 Å². The van der Waals surface area contributed by atoms with Gasteiger partial charge in [-0.3, -0.25) is 0 Å². The Bertz CT molecular complexity index is 219. The van der Waals surface area contributed by atoms with E-state index in [1.165, 1.54) is 11.8 Å². The van der Waals surface area contributed by atoms with Gasteiger partial charge in [-0.05, 0) is 0 Å². The van der Waals surface area contributed by atoms with E-state index in [2.05, 4.69) is 50.9 Å². The van der Waals surface area contributed by atoms with Crippen LogP contribution in [0.2, 0.25) is 20.0 Å². The Hall–Kier alpha value is -0.118. The van der Waals surface area contributed by atoms with Gasteiger partial charge in [0, 0.05) is 6.15 Å². The van der Waals surface area contributed by atoms with Crippen molar-refractivity contribution in [2.45, 2.75) is 26.9 Å². The van der Waals surface area contributed by atoms with Gasteiger partial charge in [-0.25, -0.2) is 5.46 Å². The molecule has 0 radical (unpaired) electrons. The summed E-state index contributed by atoms with van der Waals surface area (Å²) in [6, 6.07) is 10.8. The molecule has 0 atom stereocenters. The van der Waals surface area contributed by atoms with Crippen LogP contribution in [0.25, 0.3) is 0 Å². The molecule has 12 heavy (non-hydrogen) atoms. The Balaban J connectivity index is 0.00000121. The van der Waals surface area contributed by atoms with Crippen LogP contribution in [0.5, 0.6) is 0 Å². The fourth-order valence-corrected chi connectivity index (χ4v) is 1.21. The molecule has 0 saturated heterocycles. The van der Waals surface area contributed by atoms with E-state index >= 15 is 0 Å². The first kappa shape index (κ1) is 11.9. The van der Waals surface area contributed by atoms with E-state index in [9.17, 15) is 0 Å². The Morgan fingerprint density at radius 1 is 1.08 bits per heavy atom. The van der Waals surface area contributed by atoms with Gasteiger partial charge in [0.1, 0.15) is 0 Å². The van der Waals surface area contributed by atoms with Crippen molar-refractivity contribution >= 4 is 11.6 Å². The Morgan fingerprint density at radius 3 is 2.00 bits per heavy atom. The minimum atomic E-state index is -0.290. The molecule has 0 aliphatic heterocycles. The largest absolute Gasteiger partial charge is 1.00 e. The zero-order valence-corrected chi connectivity index (χ0v) is 8.67. The standard InChI is InChI=1S/C10H16B.Li/c1-4-11(2,3)10-8-6-5-7-9-10;/h5-9H,4H2,1-3H3;/q-1;+1. The topological polar surface area (TPSA) is 0 Å². The molecule has 1 aromatic rings. The number of hydrogen-bond donors (Lipinski definition) is 0. The van der Waals surface area contributed by atoms with Crippen LogP contribution in [0.1, 0.15) is 6.92 Å². The molecule has 0 heterocycles. The second-order valence-corrected chi connectivity index (χ2v) is 3.99. The number of benzene rings is 1. The number of hydrogen-bond acceptors (Lipinski definition) is 0. The quantitative estimate of drug-likeness (QED) is 0.509. The molecule has 0 bridgehead atoms. The van der Waals surface area contributed by atoms with Crippen molar-refractivity contribution in [1.29, 1.82) is 0 Å². The van der Waals surface area contributed by atoms with Gasteiger partial charge in [0.15, 0.2) is 0 Å². The van der Waals surface area contributed by atoms with Crippen molar-refractivity contribution < 1.29 is 18.9 Å². The van der Waals surface area contributed by atoms with Crippen molar-refractivity contribution in [3.8, 4) is 0 Å². The SMILES string of the molecule is CC[B-](C)(C)c1ccccc1.[Li+]. The molecular weight excluding hydrogens is 138 g/mol. The molecule has 0 aliphatic carbocycles. The van der Waals surface area contributed by atoms with Crippen molar-refractivity contribution in [3.05, 3.63) is 30.3 Å². The first-order chi connectivity index (χ1) is 5.17. The molecule has 0 nitrogen and oxygen atoms in total. The van der Waals surface area contributed by atoms with E-state index in [1.54, 1.807) is 0 Å². The second-order valence-electron chi connectivity index (χ2n) is 3.99. The average Bonchev–Trinajstić information content (AvgIpc) is 2.06. The van der Waals surface area contributed by atoms with Crippen molar-refractivity contribution in [1.82, 2.24) is 0 Å². The molecule has 60 valence electrons. The van der Waals surface area contributed by atoms with Crippen LogP contribution in [0, 0.1) is 0 Å². The Kier molecular flexibility index (Phi) is 4.75. The molecule has 1 rings (SSSR count). The van der Waals surface area contributed by atoms with E-state index in [4.69, 9.17) is 0 Å². The molecule has 0 fully saturated rings. The zero-order chi connectivity index (χ0) is 8.32. The third-order valence-corrected chi connectivity index (χ3v) is 2.72. The van der Waals surface area contributed by atoms with Gasteiger partial charge in [-0.2, -0.15) is 20.0 Å². The molecule has 0 aliphatic rings. The monoisotopic (exact) mass is 154 g/mol. The summed E-state index contributed by atoms with van der Waals surface area (Å²) in [5.41, 5.74) is 1.50. The first-order valence-corrected chi connectivity index (χ1v) is 4.47. The van der Waals surface area contributed by atoms with Crippen LogP contribution in [0.3, 0.4) is 0 Å². The van der Waals surface area contributed by atoms with Gasteiger partial charge in [0.2, 0.25) is 0 Å². The Morgan fingerprint density at radius 2 is 1.58 bits per heavy atom. The summed E-state index contributed by atoms with van der Waals surface area (Å²) in [5.74, 6) is 0. The summed E-state index contributed by atoms with van der Waals surface area (Å²) in [6.07, 6.45) is 0.964. The van der Waals surface area contributed by atoms with Gasteiger partial charge >= 0.3 is 18.9 Å². The normalized spacial score (nSPS) is 10.6. The third-order valence-electron chi connectivity index (χ3n) is 2.72. The summed E-state index contributed by atoms with van der Waals surface area (Å²) < 4.78 is 0. The van der Waals surface area contributed by atoms with Crippen LogP contribution in [-0.4, -0.2) is 6.15 Å². The predicted octanol–water partition coefficient (Wildman–Crippen LogP) is -0.374. The van der Waals surface area contributed by atoms with Crippen LogP contribution >= 0.6 is 0 Å². The van der Waals surface area contributed by atoms with E-state index in [0.717, 1.165) is 0 Å².